The molecule has 0 radical (unpaired) electrons. The molecule has 0 aromatic carbocycles. The largest absolute Gasteiger partial charge is 0.477 e. The second-order valence-corrected chi connectivity index (χ2v) is 15.6. The number of hydrogen-bond donors (Lipinski definition) is 1. The number of nitrogens with zero attached hydrogens (tertiary/aromatic N) is 1. The number of carbonyl (C=O) groups is 3. The first-order chi connectivity index (χ1) is 28.6. The van der Waals surface area contributed by atoms with Gasteiger partial charge in [-0.3, -0.25) is 9.59 Å². The molecule has 0 spiro atoms. The van der Waals surface area contributed by atoms with Gasteiger partial charge in [-0.05, 0) is 89.9 Å². The number of aliphatic carboxylic acids is 1. The topological polar surface area (TPSA) is 108 Å². The highest BCUT2D eigenvalue weighted by Gasteiger charge is 2.25. The number of rotatable bonds is 39. The Labute approximate surface area is 359 Å². The van der Waals surface area contributed by atoms with Gasteiger partial charge in [-0.25, -0.2) is 4.79 Å². The lowest BCUT2D eigenvalue weighted by molar-refractivity contribution is -0.870. The molecular weight excluding hydrogens is 743 g/mol. The molecule has 0 rings (SSSR count). The SMILES string of the molecule is CC/C=C\C/C=C\C/C=C\C/C=C\CCCCCCC(=O)OCC(COC(OCC[N+](C)(C)C)C(=O)O)OC(=O)CCCCCC/C=C\C/C=C\C/C=C\C/C=C\CC. The fourth-order valence-electron chi connectivity index (χ4n) is 5.40. The van der Waals surface area contributed by atoms with Gasteiger partial charge in [-0.1, -0.05) is 137 Å². The Hall–Kier alpha value is -3.79. The average molecular weight is 825 g/mol. The maximum atomic E-state index is 12.8. The summed E-state index contributed by atoms with van der Waals surface area (Å²) in [4.78, 5) is 37.1. The third-order valence-corrected chi connectivity index (χ3v) is 8.84. The molecule has 0 aliphatic carbocycles. The standard InChI is InChI=1S/C50H81NO8/c1-6-8-10-12-14-16-18-20-22-24-26-28-30-32-34-36-38-40-47(52)57-44-46(45-58-50(49(54)55)56-43-42-51(3,4)5)59-48(53)41-39-37-35-33-31-29-27-25-23-21-19-17-15-13-11-9-7-2/h8-11,14-17,20-23,26-29,46,50H,6-7,12-13,18-19,24-25,30-45H2,1-5H3/p+1/b10-8-,11-9-,16-14-,17-15-,22-20-,23-21-,28-26-,29-27-. The number of unbranched alkanes of at least 4 members (excludes halogenated alkanes) is 8. The molecule has 0 aromatic heterocycles. The summed E-state index contributed by atoms with van der Waals surface area (Å²) in [6.45, 7) is 4.55. The maximum absolute atomic E-state index is 12.8. The molecule has 0 amide bonds. The molecule has 59 heavy (non-hydrogen) atoms. The van der Waals surface area contributed by atoms with Crippen LogP contribution in [0.1, 0.15) is 142 Å². The lowest BCUT2D eigenvalue weighted by atomic mass is 10.1. The van der Waals surface area contributed by atoms with E-state index in [1.807, 2.05) is 21.1 Å². The molecule has 0 aliphatic rings. The zero-order valence-corrected chi connectivity index (χ0v) is 37.6. The smallest absolute Gasteiger partial charge is 0.361 e. The van der Waals surface area contributed by atoms with Crippen LogP contribution in [0.5, 0.6) is 0 Å². The van der Waals surface area contributed by atoms with Crippen LogP contribution in [0.25, 0.3) is 0 Å². The van der Waals surface area contributed by atoms with E-state index in [-0.39, 0.29) is 38.6 Å². The molecule has 334 valence electrons. The van der Waals surface area contributed by atoms with E-state index in [0.717, 1.165) is 103 Å². The van der Waals surface area contributed by atoms with E-state index in [2.05, 4.69) is 111 Å². The minimum atomic E-state index is -1.53. The maximum Gasteiger partial charge on any atom is 0.361 e. The Morgan fingerprint density at radius 1 is 0.508 bits per heavy atom. The molecule has 0 aromatic rings. The summed E-state index contributed by atoms with van der Waals surface area (Å²) in [6.07, 6.45) is 50.4. The number of allylic oxidation sites excluding steroid dienone is 16. The molecule has 0 saturated heterocycles. The molecule has 0 fully saturated rings. The minimum Gasteiger partial charge on any atom is -0.477 e. The van der Waals surface area contributed by atoms with Crippen molar-refractivity contribution in [2.45, 2.75) is 155 Å². The fraction of sp³-hybridized carbons (Fsp3) is 0.620. The Balaban J connectivity index is 4.56. The van der Waals surface area contributed by atoms with Crippen LogP contribution in [0, 0.1) is 0 Å². The van der Waals surface area contributed by atoms with Crippen molar-refractivity contribution in [1.82, 2.24) is 0 Å². The summed E-state index contributed by atoms with van der Waals surface area (Å²) in [5.41, 5.74) is 0. The van der Waals surface area contributed by atoms with Crippen LogP contribution in [0.4, 0.5) is 0 Å². The molecule has 0 heterocycles. The number of carbonyl (C=O) groups excluding carboxylic acids is 2. The first kappa shape index (κ1) is 55.2. The predicted octanol–water partition coefficient (Wildman–Crippen LogP) is 11.9. The van der Waals surface area contributed by atoms with Crippen molar-refractivity contribution in [3.63, 3.8) is 0 Å². The van der Waals surface area contributed by atoms with Crippen LogP contribution in [0.15, 0.2) is 97.2 Å². The van der Waals surface area contributed by atoms with E-state index in [0.29, 0.717) is 23.9 Å². The molecule has 9 heteroatoms. The van der Waals surface area contributed by atoms with Crippen molar-refractivity contribution in [2.75, 3.05) is 47.5 Å². The number of ether oxygens (including phenoxy) is 4. The Morgan fingerprint density at radius 3 is 1.34 bits per heavy atom. The van der Waals surface area contributed by atoms with Crippen LogP contribution in [-0.4, -0.2) is 87.4 Å². The highest BCUT2D eigenvalue weighted by molar-refractivity contribution is 5.71. The molecule has 0 saturated carbocycles. The van der Waals surface area contributed by atoms with Crippen molar-refractivity contribution in [1.29, 1.82) is 0 Å². The number of carboxylic acids is 1. The summed E-state index contributed by atoms with van der Waals surface area (Å²) in [7, 11) is 5.92. The van der Waals surface area contributed by atoms with E-state index in [1.165, 1.54) is 0 Å². The second kappa shape index (κ2) is 41.0. The number of esters is 2. The molecule has 2 unspecified atom stereocenters. The van der Waals surface area contributed by atoms with Gasteiger partial charge in [0.05, 0.1) is 34.4 Å². The minimum absolute atomic E-state index is 0.172. The van der Waals surface area contributed by atoms with Gasteiger partial charge in [0.25, 0.3) is 6.29 Å². The Bertz CT molecular complexity index is 1280. The van der Waals surface area contributed by atoms with Gasteiger partial charge < -0.3 is 28.5 Å². The van der Waals surface area contributed by atoms with Crippen LogP contribution in [0.2, 0.25) is 0 Å². The number of quaternary nitrogens is 1. The highest BCUT2D eigenvalue weighted by Crippen LogP contribution is 2.11. The van der Waals surface area contributed by atoms with E-state index in [9.17, 15) is 19.5 Å². The van der Waals surface area contributed by atoms with E-state index in [4.69, 9.17) is 18.9 Å². The van der Waals surface area contributed by atoms with Crippen molar-refractivity contribution in [3.05, 3.63) is 97.2 Å². The van der Waals surface area contributed by atoms with Crippen molar-refractivity contribution < 1.29 is 42.9 Å². The number of carboxylic acid groups (broad SMARTS) is 1. The number of hydrogen-bond acceptors (Lipinski definition) is 7. The third kappa shape index (κ3) is 42.1. The van der Waals surface area contributed by atoms with E-state index >= 15 is 0 Å². The van der Waals surface area contributed by atoms with Crippen molar-refractivity contribution in [2.24, 2.45) is 0 Å². The lowest BCUT2D eigenvalue weighted by Gasteiger charge is -2.25. The molecule has 0 aliphatic heterocycles. The summed E-state index contributed by atoms with van der Waals surface area (Å²) in [5.74, 6) is -2.09. The van der Waals surface area contributed by atoms with Gasteiger partial charge >= 0.3 is 17.9 Å². The Morgan fingerprint density at radius 2 is 0.915 bits per heavy atom. The molecule has 1 N–H and O–H groups in total. The van der Waals surface area contributed by atoms with Gasteiger partial charge in [-0.15, -0.1) is 0 Å². The zero-order valence-electron chi connectivity index (χ0n) is 37.6. The monoisotopic (exact) mass is 825 g/mol. The van der Waals surface area contributed by atoms with E-state index < -0.39 is 24.3 Å². The van der Waals surface area contributed by atoms with Crippen molar-refractivity contribution in [3.8, 4) is 0 Å². The normalized spacial score (nSPS) is 13.8. The van der Waals surface area contributed by atoms with Crippen LogP contribution < -0.4 is 0 Å². The summed E-state index contributed by atoms with van der Waals surface area (Å²) in [6, 6.07) is 0. The van der Waals surface area contributed by atoms with Gasteiger partial charge in [0.2, 0.25) is 0 Å². The van der Waals surface area contributed by atoms with Gasteiger partial charge in [0.1, 0.15) is 13.2 Å². The van der Waals surface area contributed by atoms with E-state index in [1.54, 1.807) is 0 Å². The van der Waals surface area contributed by atoms with Gasteiger partial charge in [-0.2, -0.15) is 0 Å². The lowest BCUT2D eigenvalue weighted by Crippen LogP contribution is -2.40. The summed E-state index contributed by atoms with van der Waals surface area (Å²) in [5, 5.41) is 9.64. The number of likely N-dealkylation sites (N-methyl/N-ethyl adjacent to an activating group) is 1. The van der Waals surface area contributed by atoms with Gasteiger partial charge in [0, 0.05) is 12.8 Å². The first-order valence-electron chi connectivity index (χ1n) is 22.4. The third-order valence-electron chi connectivity index (χ3n) is 8.84. The molecular formula is C50H82NO8+. The highest BCUT2D eigenvalue weighted by atomic mass is 16.7. The molecule has 2 atom stereocenters. The van der Waals surface area contributed by atoms with Crippen LogP contribution in [0.3, 0.4) is 0 Å². The van der Waals surface area contributed by atoms with Crippen molar-refractivity contribution >= 4 is 17.9 Å². The van der Waals surface area contributed by atoms with Crippen LogP contribution >= 0.6 is 0 Å². The first-order valence-corrected chi connectivity index (χ1v) is 22.4. The zero-order chi connectivity index (χ0) is 43.5. The average Bonchev–Trinajstić information content (AvgIpc) is 3.19. The predicted molar refractivity (Wildman–Crippen MR) is 244 cm³/mol. The second-order valence-electron chi connectivity index (χ2n) is 15.6. The Kier molecular flexibility index (Phi) is 38.3. The van der Waals surface area contributed by atoms with Crippen LogP contribution in [-0.2, 0) is 33.3 Å². The fourth-order valence-corrected chi connectivity index (χ4v) is 5.40. The molecule has 0 bridgehead atoms. The van der Waals surface area contributed by atoms with Gasteiger partial charge in [0.15, 0.2) is 6.10 Å². The molecule has 9 nitrogen and oxygen atoms in total. The quantitative estimate of drug-likeness (QED) is 0.0215. The summed E-state index contributed by atoms with van der Waals surface area (Å²) < 4.78 is 22.7. The summed E-state index contributed by atoms with van der Waals surface area (Å²) >= 11 is 0.